The van der Waals surface area contributed by atoms with E-state index in [9.17, 15) is 14.4 Å². The number of nitrogens with zero attached hydrogens (tertiary/aromatic N) is 4. The van der Waals surface area contributed by atoms with Crippen LogP contribution in [0.15, 0.2) is 42.5 Å². The largest absolute Gasteiger partial charge is 0.399 e. The minimum atomic E-state index is -0.636. The lowest BCUT2D eigenvalue weighted by Gasteiger charge is -2.29. The highest BCUT2D eigenvalue weighted by Crippen LogP contribution is 2.34. The van der Waals surface area contributed by atoms with Gasteiger partial charge in [-0.25, -0.2) is 4.68 Å². The summed E-state index contributed by atoms with van der Waals surface area (Å²) in [6, 6.07) is 12.4. The van der Waals surface area contributed by atoms with Gasteiger partial charge in [-0.05, 0) is 36.2 Å². The van der Waals surface area contributed by atoms with Crippen molar-refractivity contribution in [3.8, 4) is 22.5 Å². The van der Waals surface area contributed by atoms with Crippen LogP contribution in [0.4, 0.5) is 5.69 Å². The first-order valence-electron chi connectivity index (χ1n) is 9.96. The summed E-state index contributed by atoms with van der Waals surface area (Å²) in [7, 11) is 1.82. The van der Waals surface area contributed by atoms with Gasteiger partial charge in [0, 0.05) is 42.4 Å². The number of benzene rings is 2. The van der Waals surface area contributed by atoms with Crippen LogP contribution < -0.4 is 11.1 Å². The van der Waals surface area contributed by atoms with E-state index < -0.39 is 11.9 Å². The SMILES string of the molecule is Cn1nnc(-c2ccc3c(c2)CN(C2CCC(=O)NC2=O)C3=O)c1-c1ccc(N)cc1. The van der Waals surface area contributed by atoms with Crippen LogP contribution >= 0.6 is 0 Å². The van der Waals surface area contributed by atoms with Gasteiger partial charge in [0.25, 0.3) is 5.91 Å². The lowest BCUT2D eigenvalue weighted by Crippen LogP contribution is -2.52. The fourth-order valence-corrected chi connectivity index (χ4v) is 4.24. The van der Waals surface area contributed by atoms with Gasteiger partial charge in [0.05, 0.1) is 5.69 Å². The van der Waals surface area contributed by atoms with Crippen molar-refractivity contribution in [2.24, 2.45) is 7.05 Å². The Kier molecular flexibility index (Phi) is 4.32. The molecule has 1 unspecified atom stereocenters. The van der Waals surface area contributed by atoms with Crippen molar-refractivity contribution in [3.05, 3.63) is 53.6 Å². The summed E-state index contributed by atoms with van der Waals surface area (Å²) < 4.78 is 1.70. The number of anilines is 1. The second-order valence-electron chi connectivity index (χ2n) is 7.80. The third kappa shape index (κ3) is 3.14. The van der Waals surface area contributed by atoms with Crippen LogP contribution in [-0.4, -0.2) is 43.7 Å². The van der Waals surface area contributed by atoms with E-state index in [4.69, 9.17) is 5.73 Å². The predicted molar refractivity (Wildman–Crippen MR) is 112 cm³/mol. The van der Waals surface area contributed by atoms with Crippen LogP contribution in [0, 0.1) is 0 Å². The Morgan fingerprint density at radius 3 is 2.55 bits per heavy atom. The summed E-state index contributed by atoms with van der Waals surface area (Å²) in [4.78, 5) is 38.1. The number of carbonyl (C=O) groups excluding carboxylic acids is 3. The normalized spacial score (nSPS) is 18.3. The summed E-state index contributed by atoms with van der Waals surface area (Å²) in [5.74, 6) is -0.920. The maximum absolute atomic E-state index is 12.9. The Balaban J connectivity index is 1.49. The molecule has 0 bridgehead atoms. The van der Waals surface area contributed by atoms with E-state index in [0.717, 1.165) is 22.4 Å². The molecular weight excluding hydrogens is 396 g/mol. The summed E-state index contributed by atoms with van der Waals surface area (Å²) in [6.45, 7) is 0.311. The van der Waals surface area contributed by atoms with Crippen LogP contribution in [0.5, 0.6) is 0 Å². The van der Waals surface area contributed by atoms with Crippen molar-refractivity contribution in [2.45, 2.75) is 25.4 Å². The zero-order valence-corrected chi connectivity index (χ0v) is 16.8. The Hall–Kier alpha value is -4.01. The van der Waals surface area contributed by atoms with Gasteiger partial charge >= 0.3 is 0 Å². The minimum absolute atomic E-state index is 0.200. The molecule has 31 heavy (non-hydrogen) atoms. The fraction of sp³-hybridized carbons (Fsp3) is 0.227. The third-order valence-electron chi connectivity index (χ3n) is 5.81. The molecule has 2 aromatic carbocycles. The van der Waals surface area contributed by atoms with Gasteiger partial charge < -0.3 is 10.6 Å². The molecule has 0 saturated carbocycles. The Labute approximate surface area is 177 Å². The molecule has 0 radical (unpaired) electrons. The first-order valence-corrected chi connectivity index (χ1v) is 9.96. The number of nitrogens with one attached hydrogen (secondary N) is 1. The molecule has 5 rings (SSSR count). The number of rotatable bonds is 3. The van der Waals surface area contributed by atoms with Crippen molar-refractivity contribution in [2.75, 3.05) is 5.73 Å². The highest BCUT2D eigenvalue weighted by atomic mass is 16.2. The van der Waals surface area contributed by atoms with Crippen LogP contribution in [0.25, 0.3) is 22.5 Å². The highest BCUT2D eigenvalue weighted by Gasteiger charge is 2.39. The molecule has 3 aromatic rings. The molecule has 2 aliphatic rings. The number of nitrogen functional groups attached to an aromatic ring is 1. The summed E-state index contributed by atoms with van der Waals surface area (Å²) in [6.07, 6.45) is 0.565. The monoisotopic (exact) mass is 416 g/mol. The molecule has 1 atom stereocenters. The lowest BCUT2D eigenvalue weighted by atomic mass is 10.0. The molecular formula is C22H20N6O3. The van der Waals surface area contributed by atoms with Crippen molar-refractivity contribution < 1.29 is 14.4 Å². The van der Waals surface area contributed by atoms with Crippen molar-refractivity contribution in [3.63, 3.8) is 0 Å². The number of imide groups is 1. The lowest BCUT2D eigenvalue weighted by molar-refractivity contribution is -0.136. The number of hydrogen-bond acceptors (Lipinski definition) is 6. The van der Waals surface area contributed by atoms with E-state index in [1.54, 1.807) is 10.7 Å². The minimum Gasteiger partial charge on any atom is -0.399 e. The second-order valence-corrected chi connectivity index (χ2v) is 7.80. The molecule has 3 N–H and O–H groups in total. The first-order chi connectivity index (χ1) is 14.9. The van der Waals surface area contributed by atoms with Gasteiger partial charge in [-0.15, -0.1) is 5.10 Å². The van der Waals surface area contributed by atoms with Gasteiger partial charge in [0.15, 0.2) is 0 Å². The number of carbonyl (C=O) groups is 3. The van der Waals surface area contributed by atoms with Gasteiger partial charge in [-0.1, -0.05) is 23.4 Å². The van der Waals surface area contributed by atoms with E-state index >= 15 is 0 Å². The molecule has 0 spiro atoms. The predicted octanol–water partition coefficient (Wildman–Crippen LogP) is 1.49. The summed E-state index contributed by atoms with van der Waals surface area (Å²) in [5, 5.41) is 10.8. The molecule has 156 valence electrons. The number of piperidine rings is 1. The number of hydrogen-bond donors (Lipinski definition) is 2. The molecule has 2 aliphatic heterocycles. The average Bonchev–Trinajstić information content (AvgIpc) is 3.28. The van der Waals surface area contributed by atoms with E-state index in [1.165, 1.54) is 4.90 Å². The molecule has 1 fully saturated rings. The Morgan fingerprint density at radius 2 is 1.81 bits per heavy atom. The number of amides is 3. The van der Waals surface area contributed by atoms with Crippen molar-refractivity contribution >= 4 is 23.4 Å². The maximum Gasteiger partial charge on any atom is 0.255 e. The molecule has 3 amide bonds. The standard InChI is InChI=1S/C22H20N6O3/c1-27-20(12-2-5-15(23)6-3-12)19(25-26-27)13-4-7-16-14(10-13)11-28(22(16)31)17-8-9-18(29)24-21(17)30/h2-7,10,17H,8-9,11,23H2,1H3,(H,24,29,30). The smallest absolute Gasteiger partial charge is 0.255 e. The van der Waals surface area contributed by atoms with Gasteiger partial charge in [0.2, 0.25) is 11.8 Å². The highest BCUT2D eigenvalue weighted by molar-refractivity contribution is 6.05. The van der Waals surface area contributed by atoms with E-state index in [1.807, 2.05) is 43.4 Å². The van der Waals surface area contributed by atoms with Crippen molar-refractivity contribution in [1.82, 2.24) is 25.2 Å². The second kappa shape index (κ2) is 7.05. The maximum atomic E-state index is 12.9. The van der Waals surface area contributed by atoms with E-state index in [-0.39, 0.29) is 18.2 Å². The van der Waals surface area contributed by atoms with Crippen LogP contribution in [0.1, 0.15) is 28.8 Å². The molecule has 1 saturated heterocycles. The topological polar surface area (TPSA) is 123 Å². The zero-order valence-electron chi connectivity index (χ0n) is 16.8. The average molecular weight is 416 g/mol. The first kappa shape index (κ1) is 19.0. The molecule has 3 heterocycles. The molecule has 1 aromatic heterocycles. The van der Waals surface area contributed by atoms with E-state index in [2.05, 4.69) is 15.6 Å². The van der Waals surface area contributed by atoms with Crippen molar-refractivity contribution in [1.29, 1.82) is 0 Å². The fourth-order valence-electron chi connectivity index (χ4n) is 4.24. The summed E-state index contributed by atoms with van der Waals surface area (Å²) in [5.41, 5.74) is 11.2. The Bertz CT molecular complexity index is 1230. The number of aromatic nitrogens is 3. The number of fused-ring (bicyclic) bond motifs is 1. The molecule has 9 heteroatoms. The zero-order chi connectivity index (χ0) is 21.7. The third-order valence-corrected chi connectivity index (χ3v) is 5.81. The van der Waals surface area contributed by atoms with Gasteiger partial charge in [-0.3, -0.25) is 19.7 Å². The van der Waals surface area contributed by atoms with Gasteiger partial charge in [-0.2, -0.15) is 0 Å². The number of aryl methyl sites for hydroxylation is 1. The molecule has 0 aliphatic carbocycles. The quantitative estimate of drug-likeness (QED) is 0.493. The van der Waals surface area contributed by atoms with Crippen LogP contribution in [0.2, 0.25) is 0 Å². The molecule has 9 nitrogen and oxygen atoms in total. The number of nitrogens with two attached hydrogens (primary N) is 1. The van der Waals surface area contributed by atoms with Gasteiger partial charge in [0.1, 0.15) is 11.7 Å². The van der Waals surface area contributed by atoms with Crippen LogP contribution in [0.3, 0.4) is 0 Å². The summed E-state index contributed by atoms with van der Waals surface area (Å²) >= 11 is 0. The van der Waals surface area contributed by atoms with E-state index in [0.29, 0.717) is 29.9 Å². The van der Waals surface area contributed by atoms with Crippen LogP contribution in [-0.2, 0) is 23.2 Å². The Morgan fingerprint density at radius 1 is 1.06 bits per heavy atom.